The molecule has 0 saturated carbocycles. The third-order valence-corrected chi connectivity index (χ3v) is 6.52. The molecule has 2 fully saturated rings. The summed E-state index contributed by atoms with van der Waals surface area (Å²) in [6, 6.07) is 9.96. The molecule has 2 atom stereocenters. The average Bonchev–Trinajstić information content (AvgIpc) is 2.70. The Morgan fingerprint density at radius 1 is 1.11 bits per heavy atom. The lowest BCUT2D eigenvalue weighted by atomic mass is 9.73. The van der Waals surface area contributed by atoms with Gasteiger partial charge in [-0.2, -0.15) is 0 Å². The Balaban J connectivity index is 1.66. The van der Waals surface area contributed by atoms with Crippen LogP contribution in [-0.2, 0) is 16.0 Å². The summed E-state index contributed by atoms with van der Waals surface area (Å²) in [6.07, 6.45) is 2.87. The molecular weight excluding hydrogens is 356 g/mol. The van der Waals surface area contributed by atoms with E-state index >= 15 is 0 Å². The van der Waals surface area contributed by atoms with Gasteiger partial charge in [-0.25, -0.2) is 0 Å². The molecular formula is C22H32N2O4. The average molecular weight is 389 g/mol. The molecule has 3 rings (SSSR count). The molecule has 6 nitrogen and oxygen atoms in total. The molecule has 2 heterocycles. The molecule has 1 aromatic carbocycles. The number of amides is 1. The van der Waals surface area contributed by atoms with Gasteiger partial charge in [-0.15, -0.1) is 0 Å². The van der Waals surface area contributed by atoms with Crippen molar-refractivity contribution in [2.45, 2.75) is 44.6 Å². The van der Waals surface area contributed by atoms with Gasteiger partial charge in [-0.1, -0.05) is 30.3 Å². The second kappa shape index (κ2) is 9.05. The van der Waals surface area contributed by atoms with Gasteiger partial charge in [0.25, 0.3) is 0 Å². The number of nitrogens with zero attached hydrogens (tertiary/aromatic N) is 2. The minimum atomic E-state index is -1.27. The zero-order valence-corrected chi connectivity index (χ0v) is 16.7. The van der Waals surface area contributed by atoms with Crippen LogP contribution < -0.4 is 0 Å². The predicted molar refractivity (Wildman–Crippen MR) is 107 cm³/mol. The van der Waals surface area contributed by atoms with E-state index in [1.807, 2.05) is 30.3 Å². The molecule has 1 amide bonds. The second-order valence-electron chi connectivity index (χ2n) is 8.44. The summed E-state index contributed by atoms with van der Waals surface area (Å²) in [6.45, 7) is 2.35. The zero-order chi connectivity index (χ0) is 20.1. The van der Waals surface area contributed by atoms with Gasteiger partial charge in [0.15, 0.2) is 0 Å². The topological polar surface area (TPSA) is 81.1 Å². The number of aliphatic hydroxyl groups is 1. The first-order valence-electron chi connectivity index (χ1n) is 10.3. The van der Waals surface area contributed by atoms with Crippen molar-refractivity contribution in [2.75, 3.05) is 33.2 Å². The summed E-state index contributed by atoms with van der Waals surface area (Å²) < 4.78 is 0. The molecule has 0 bridgehead atoms. The van der Waals surface area contributed by atoms with Gasteiger partial charge in [0.1, 0.15) is 5.41 Å². The van der Waals surface area contributed by atoms with E-state index in [1.165, 1.54) is 0 Å². The molecule has 2 N–H and O–H groups in total. The lowest BCUT2D eigenvalue weighted by Crippen LogP contribution is -2.58. The van der Waals surface area contributed by atoms with Crippen LogP contribution in [0.3, 0.4) is 0 Å². The van der Waals surface area contributed by atoms with E-state index in [1.54, 1.807) is 4.90 Å². The summed E-state index contributed by atoms with van der Waals surface area (Å²) in [5, 5.41) is 20.6. The molecule has 6 heteroatoms. The van der Waals surface area contributed by atoms with Gasteiger partial charge >= 0.3 is 5.97 Å². The summed E-state index contributed by atoms with van der Waals surface area (Å²) in [4.78, 5) is 29.1. The van der Waals surface area contributed by atoms with Crippen LogP contribution in [0.1, 0.15) is 37.7 Å². The summed E-state index contributed by atoms with van der Waals surface area (Å²) in [7, 11) is 2.06. The fraction of sp³-hybridized carbons (Fsp3) is 0.636. The molecule has 0 aliphatic carbocycles. The minimum Gasteiger partial charge on any atom is -0.481 e. The van der Waals surface area contributed by atoms with E-state index in [2.05, 4.69) is 11.9 Å². The highest BCUT2D eigenvalue weighted by Crippen LogP contribution is 2.37. The first kappa shape index (κ1) is 20.8. The Hall–Kier alpha value is -1.92. The molecule has 2 aliphatic heterocycles. The fourth-order valence-corrected chi connectivity index (χ4v) is 4.60. The second-order valence-corrected chi connectivity index (χ2v) is 8.44. The van der Waals surface area contributed by atoms with Gasteiger partial charge in [0.05, 0.1) is 6.10 Å². The lowest BCUT2D eigenvalue weighted by Gasteiger charge is -2.45. The number of carboxylic acids is 1. The van der Waals surface area contributed by atoms with Crippen LogP contribution in [0.2, 0.25) is 0 Å². The predicted octanol–water partition coefficient (Wildman–Crippen LogP) is 2.02. The van der Waals surface area contributed by atoms with Gasteiger partial charge < -0.3 is 20.0 Å². The van der Waals surface area contributed by atoms with E-state index in [0.717, 1.165) is 37.9 Å². The highest BCUT2D eigenvalue weighted by molar-refractivity contribution is 5.82. The van der Waals surface area contributed by atoms with Crippen molar-refractivity contribution >= 4 is 11.9 Å². The summed E-state index contributed by atoms with van der Waals surface area (Å²) >= 11 is 0. The number of aliphatic hydroxyl groups excluding tert-OH is 1. The maximum atomic E-state index is 13.0. The number of aryl methyl sites for hydroxylation is 1. The first-order valence-corrected chi connectivity index (χ1v) is 10.3. The molecule has 1 aromatic rings. The third kappa shape index (κ3) is 4.55. The normalized spacial score (nSPS) is 26.9. The van der Waals surface area contributed by atoms with E-state index in [9.17, 15) is 19.8 Å². The van der Waals surface area contributed by atoms with E-state index in [4.69, 9.17) is 0 Å². The van der Waals surface area contributed by atoms with Crippen molar-refractivity contribution in [1.29, 1.82) is 0 Å². The molecule has 0 aromatic heterocycles. The van der Waals surface area contributed by atoms with Gasteiger partial charge in [0.2, 0.25) is 5.91 Å². The van der Waals surface area contributed by atoms with E-state index < -0.39 is 17.5 Å². The van der Waals surface area contributed by atoms with E-state index in [0.29, 0.717) is 25.8 Å². The molecule has 2 aliphatic rings. The van der Waals surface area contributed by atoms with Crippen molar-refractivity contribution in [3.63, 3.8) is 0 Å². The quantitative estimate of drug-likeness (QED) is 0.779. The number of piperidine rings is 2. The van der Waals surface area contributed by atoms with E-state index in [-0.39, 0.29) is 18.4 Å². The van der Waals surface area contributed by atoms with Crippen molar-refractivity contribution in [1.82, 2.24) is 9.80 Å². The number of hydrogen-bond acceptors (Lipinski definition) is 4. The van der Waals surface area contributed by atoms with Crippen LogP contribution in [0.5, 0.6) is 0 Å². The molecule has 0 radical (unpaired) electrons. The lowest BCUT2D eigenvalue weighted by molar-refractivity contribution is -0.168. The Morgan fingerprint density at radius 2 is 1.79 bits per heavy atom. The number of aliphatic carboxylic acids is 1. The van der Waals surface area contributed by atoms with Crippen LogP contribution in [0.25, 0.3) is 0 Å². The first-order chi connectivity index (χ1) is 13.4. The molecule has 2 saturated heterocycles. The maximum Gasteiger partial charge on any atom is 0.314 e. The number of carboxylic acid groups (broad SMARTS) is 1. The van der Waals surface area contributed by atoms with Crippen LogP contribution >= 0.6 is 0 Å². The SMILES string of the molecule is CN1CCC(C(=O)N2CC[C@@H](O)[C@](CCCc3ccccc3)(C(=O)O)C2)CC1. The number of benzene rings is 1. The maximum absolute atomic E-state index is 13.0. The van der Waals surface area contributed by atoms with Crippen LogP contribution in [0.4, 0.5) is 0 Å². The standard InChI is InChI=1S/C22H32N2O4/c1-23-13-9-18(10-14-23)20(26)24-15-11-19(25)22(16-24,21(27)28)12-5-8-17-6-3-2-4-7-17/h2-4,6-7,18-19,25H,5,8-16H2,1H3,(H,27,28)/t19-,22-/m1/s1. The highest BCUT2D eigenvalue weighted by Gasteiger charge is 2.50. The number of carbonyl (C=O) groups is 2. The van der Waals surface area contributed by atoms with Gasteiger partial charge in [-0.05, 0) is 64.2 Å². The summed E-state index contributed by atoms with van der Waals surface area (Å²) in [5.74, 6) is -0.954. The fourth-order valence-electron chi connectivity index (χ4n) is 4.60. The Bertz CT molecular complexity index is 672. The molecule has 28 heavy (non-hydrogen) atoms. The smallest absolute Gasteiger partial charge is 0.314 e. The minimum absolute atomic E-state index is 0.0257. The molecule has 154 valence electrons. The summed E-state index contributed by atoms with van der Waals surface area (Å²) in [5.41, 5.74) is -0.110. The monoisotopic (exact) mass is 388 g/mol. The Labute approximate surface area is 167 Å². The van der Waals surface area contributed by atoms with Crippen molar-refractivity contribution in [2.24, 2.45) is 11.3 Å². The Kier molecular flexibility index (Phi) is 6.73. The van der Waals surface area contributed by atoms with Crippen molar-refractivity contribution in [3.05, 3.63) is 35.9 Å². The third-order valence-electron chi connectivity index (χ3n) is 6.52. The number of hydrogen-bond donors (Lipinski definition) is 2. The number of likely N-dealkylation sites (tertiary alicyclic amines) is 2. The van der Waals surface area contributed by atoms with Gasteiger partial charge in [-0.3, -0.25) is 9.59 Å². The number of rotatable bonds is 6. The van der Waals surface area contributed by atoms with Gasteiger partial charge in [0, 0.05) is 19.0 Å². The molecule has 0 spiro atoms. The zero-order valence-electron chi connectivity index (χ0n) is 16.7. The van der Waals surface area contributed by atoms with Crippen molar-refractivity contribution < 1.29 is 19.8 Å². The highest BCUT2D eigenvalue weighted by atomic mass is 16.4. The molecule has 0 unspecified atom stereocenters. The van der Waals surface area contributed by atoms with Crippen LogP contribution in [-0.4, -0.2) is 71.2 Å². The number of carbonyl (C=O) groups excluding carboxylic acids is 1. The van der Waals surface area contributed by atoms with Crippen molar-refractivity contribution in [3.8, 4) is 0 Å². The van der Waals surface area contributed by atoms with Crippen LogP contribution in [0, 0.1) is 11.3 Å². The van der Waals surface area contributed by atoms with Crippen LogP contribution in [0.15, 0.2) is 30.3 Å². The Morgan fingerprint density at radius 3 is 2.43 bits per heavy atom. The largest absolute Gasteiger partial charge is 0.481 e.